The predicted octanol–water partition coefficient (Wildman–Crippen LogP) is 2.60. The number of carbonyl (C=O) groups excluding carboxylic acids is 2. The summed E-state index contributed by atoms with van der Waals surface area (Å²) in [6.45, 7) is 2.72. The zero-order valence-electron chi connectivity index (χ0n) is 15.0. The highest BCUT2D eigenvalue weighted by Gasteiger charge is 2.11. The van der Waals surface area contributed by atoms with Crippen LogP contribution in [0.25, 0.3) is 21.9 Å². The fourth-order valence-electron chi connectivity index (χ4n) is 2.96. The average molecular weight is 363 g/mol. The van der Waals surface area contributed by atoms with Crippen LogP contribution in [0.3, 0.4) is 0 Å². The number of aromatic nitrogens is 1. The molecule has 2 aromatic carbocycles. The van der Waals surface area contributed by atoms with Crippen LogP contribution in [0.2, 0.25) is 0 Å². The van der Waals surface area contributed by atoms with Gasteiger partial charge in [0.25, 0.3) is 0 Å². The highest BCUT2D eigenvalue weighted by Crippen LogP contribution is 2.32. The SMILES string of the molecule is CCNC(=O)Nc1cc2c(-c3cccc(C(N)=O)c3)ccc(CN)c2cn1. The molecule has 0 saturated carbocycles. The number of nitrogens with one attached hydrogen (secondary N) is 2. The number of carbonyl (C=O) groups is 2. The van der Waals surface area contributed by atoms with Gasteiger partial charge in [-0.25, -0.2) is 9.78 Å². The van der Waals surface area contributed by atoms with E-state index in [9.17, 15) is 9.59 Å². The molecular formula is C20H21N5O2. The Morgan fingerprint density at radius 2 is 1.93 bits per heavy atom. The van der Waals surface area contributed by atoms with Crippen molar-refractivity contribution in [2.24, 2.45) is 11.5 Å². The standard InChI is InChI=1S/C20H21N5O2/c1-2-23-20(27)25-18-9-16-15(7-6-14(10-21)17(16)11-24-18)12-4-3-5-13(8-12)19(22)26/h3-9,11H,2,10,21H2,1H3,(H2,22,26)(H2,23,24,25,27). The van der Waals surface area contributed by atoms with Crippen molar-refractivity contribution in [2.75, 3.05) is 11.9 Å². The molecule has 6 N–H and O–H groups in total. The Balaban J connectivity index is 2.15. The summed E-state index contributed by atoms with van der Waals surface area (Å²) in [5.41, 5.74) is 14.4. The van der Waals surface area contributed by atoms with E-state index in [1.165, 1.54) is 0 Å². The smallest absolute Gasteiger partial charge is 0.320 e. The van der Waals surface area contributed by atoms with Gasteiger partial charge in [0.2, 0.25) is 5.91 Å². The molecule has 7 heteroatoms. The van der Waals surface area contributed by atoms with Crippen molar-refractivity contribution in [1.29, 1.82) is 0 Å². The van der Waals surface area contributed by atoms with Gasteiger partial charge < -0.3 is 16.8 Å². The van der Waals surface area contributed by atoms with Crippen molar-refractivity contribution in [3.8, 4) is 11.1 Å². The van der Waals surface area contributed by atoms with E-state index < -0.39 is 5.91 Å². The summed E-state index contributed by atoms with van der Waals surface area (Å²) >= 11 is 0. The second-order valence-electron chi connectivity index (χ2n) is 6.02. The fourth-order valence-corrected chi connectivity index (χ4v) is 2.96. The summed E-state index contributed by atoms with van der Waals surface area (Å²) in [4.78, 5) is 27.7. The monoisotopic (exact) mass is 363 g/mol. The van der Waals surface area contributed by atoms with Crippen molar-refractivity contribution < 1.29 is 9.59 Å². The van der Waals surface area contributed by atoms with Gasteiger partial charge in [-0.05, 0) is 47.2 Å². The molecule has 0 aliphatic rings. The lowest BCUT2D eigenvalue weighted by Crippen LogP contribution is -2.28. The van der Waals surface area contributed by atoms with Crippen LogP contribution in [0.15, 0.2) is 48.7 Å². The van der Waals surface area contributed by atoms with E-state index in [1.54, 1.807) is 30.5 Å². The number of urea groups is 1. The minimum absolute atomic E-state index is 0.323. The third-order valence-corrected chi connectivity index (χ3v) is 4.25. The molecular weight excluding hydrogens is 342 g/mol. The molecule has 1 heterocycles. The van der Waals surface area contributed by atoms with Gasteiger partial charge in [0, 0.05) is 30.2 Å². The number of hydrogen-bond donors (Lipinski definition) is 4. The number of nitrogens with two attached hydrogens (primary N) is 2. The first-order chi connectivity index (χ1) is 13.0. The van der Waals surface area contributed by atoms with Crippen LogP contribution in [-0.4, -0.2) is 23.5 Å². The van der Waals surface area contributed by atoms with Crippen molar-refractivity contribution >= 4 is 28.5 Å². The van der Waals surface area contributed by atoms with Gasteiger partial charge in [-0.1, -0.05) is 24.3 Å². The second kappa shape index (κ2) is 7.84. The van der Waals surface area contributed by atoms with Gasteiger partial charge >= 0.3 is 6.03 Å². The highest BCUT2D eigenvalue weighted by molar-refractivity contribution is 6.02. The molecule has 3 amide bonds. The van der Waals surface area contributed by atoms with Crippen molar-refractivity contribution in [3.05, 3.63) is 59.8 Å². The summed E-state index contributed by atoms with van der Waals surface area (Å²) in [7, 11) is 0. The molecule has 7 nitrogen and oxygen atoms in total. The molecule has 0 fully saturated rings. The molecule has 138 valence electrons. The molecule has 0 aliphatic carbocycles. The molecule has 0 unspecified atom stereocenters. The third-order valence-electron chi connectivity index (χ3n) is 4.25. The molecule has 0 saturated heterocycles. The second-order valence-corrected chi connectivity index (χ2v) is 6.02. The van der Waals surface area contributed by atoms with Crippen LogP contribution in [0, 0.1) is 0 Å². The van der Waals surface area contributed by atoms with Gasteiger partial charge in [0.15, 0.2) is 0 Å². The molecule has 3 rings (SSSR count). The van der Waals surface area contributed by atoms with E-state index in [4.69, 9.17) is 11.5 Å². The van der Waals surface area contributed by atoms with Crippen LogP contribution in [0.4, 0.5) is 10.6 Å². The fraction of sp³-hybridized carbons (Fsp3) is 0.150. The van der Waals surface area contributed by atoms with Gasteiger partial charge in [0.05, 0.1) is 0 Å². The first-order valence-corrected chi connectivity index (χ1v) is 8.60. The summed E-state index contributed by atoms with van der Waals surface area (Å²) in [5, 5.41) is 7.15. The zero-order chi connectivity index (χ0) is 19.4. The van der Waals surface area contributed by atoms with Crippen molar-refractivity contribution in [2.45, 2.75) is 13.5 Å². The minimum Gasteiger partial charge on any atom is -0.366 e. The molecule has 0 bridgehead atoms. The molecule has 0 spiro atoms. The van der Waals surface area contributed by atoms with Crippen molar-refractivity contribution in [3.63, 3.8) is 0 Å². The molecule has 0 aliphatic heterocycles. The normalized spacial score (nSPS) is 10.6. The molecule has 1 aromatic heterocycles. The average Bonchev–Trinajstić information content (AvgIpc) is 2.67. The summed E-state index contributed by atoms with van der Waals surface area (Å²) < 4.78 is 0. The number of rotatable bonds is 5. The maximum Gasteiger partial charge on any atom is 0.320 e. The Kier molecular flexibility index (Phi) is 5.33. The lowest BCUT2D eigenvalue weighted by molar-refractivity contribution is 0.100. The largest absolute Gasteiger partial charge is 0.366 e. The Hall–Kier alpha value is -3.45. The highest BCUT2D eigenvalue weighted by atomic mass is 16.2. The number of nitrogens with zero attached hydrogens (tertiary/aromatic N) is 1. The lowest BCUT2D eigenvalue weighted by Gasteiger charge is -2.13. The van der Waals surface area contributed by atoms with Gasteiger partial charge in [-0.2, -0.15) is 0 Å². The number of pyridine rings is 1. The van der Waals surface area contributed by atoms with Crippen LogP contribution in [-0.2, 0) is 6.54 Å². The summed E-state index contributed by atoms with van der Waals surface area (Å²) in [5.74, 6) is -0.0603. The number of primary amides is 1. The van der Waals surface area contributed by atoms with Crippen molar-refractivity contribution in [1.82, 2.24) is 10.3 Å². The Bertz CT molecular complexity index is 1020. The number of anilines is 1. The molecule has 27 heavy (non-hydrogen) atoms. The van der Waals surface area contributed by atoms with E-state index in [0.717, 1.165) is 27.5 Å². The first-order valence-electron chi connectivity index (χ1n) is 8.60. The maximum atomic E-state index is 11.8. The van der Waals surface area contributed by atoms with Crippen LogP contribution in [0.5, 0.6) is 0 Å². The zero-order valence-corrected chi connectivity index (χ0v) is 15.0. The van der Waals surface area contributed by atoms with E-state index in [0.29, 0.717) is 24.5 Å². The topological polar surface area (TPSA) is 123 Å². The summed E-state index contributed by atoms with van der Waals surface area (Å²) in [6.07, 6.45) is 1.69. The van der Waals surface area contributed by atoms with E-state index in [2.05, 4.69) is 15.6 Å². The van der Waals surface area contributed by atoms with E-state index in [1.807, 2.05) is 25.1 Å². The number of hydrogen-bond acceptors (Lipinski definition) is 4. The van der Waals surface area contributed by atoms with Gasteiger partial charge in [-0.15, -0.1) is 0 Å². The first kappa shape index (κ1) is 18.3. The molecule has 3 aromatic rings. The minimum atomic E-state index is -0.486. The Morgan fingerprint density at radius 1 is 1.11 bits per heavy atom. The van der Waals surface area contributed by atoms with E-state index in [-0.39, 0.29) is 6.03 Å². The maximum absolute atomic E-state index is 11.8. The number of amides is 3. The number of benzene rings is 2. The number of fused-ring (bicyclic) bond motifs is 1. The summed E-state index contributed by atoms with van der Waals surface area (Å²) in [6, 6.07) is 12.5. The van der Waals surface area contributed by atoms with Crippen LogP contribution < -0.4 is 22.1 Å². The van der Waals surface area contributed by atoms with E-state index >= 15 is 0 Å². The predicted molar refractivity (Wildman–Crippen MR) is 106 cm³/mol. The molecule has 0 radical (unpaired) electrons. The quantitative estimate of drug-likeness (QED) is 0.556. The van der Waals surface area contributed by atoms with Crippen LogP contribution >= 0.6 is 0 Å². The Morgan fingerprint density at radius 3 is 2.63 bits per heavy atom. The van der Waals surface area contributed by atoms with Gasteiger partial charge in [-0.3, -0.25) is 10.1 Å². The third kappa shape index (κ3) is 3.88. The van der Waals surface area contributed by atoms with Crippen LogP contribution in [0.1, 0.15) is 22.8 Å². The lowest BCUT2D eigenvalue weighted by atomic mass is 9.95. The Labute approximate surface area is 156 Å². The van der Waals surface area contributed by atoms with Gasteiger partial charge in [0.1, 0.15) is 5.82 Å². The molecule has 0 atom stereocenters.